The van der Waals surface area contributed by atoms with Gasteiger partial charge in [0.2, 0.25) is 0 Å². The summed E-state index contributed by atoms with van der Waals surface area (Å²) in [4.78, 5) is 7.05. The molecule has 1 fully saturated rings. The van der Waals surface area contributed by atoms with Crippen molar-refractivity contribution in [2.75, 3.05) is 65.7 Å². The number of nitrogens with zero attached hydrogens (tertiary/aromatic N) is 2. The average Bonchev–Trinajstić information content (AvgIpc) is 3.15. The Balaban J connectivity index is 0.00000338. The fraction of sp³-hybridized carbons (Fsp3) is 0.722. The van der Waals surface area contributed by atoms with Gasteiger partial charge in [0, 0.05) is 58.9 Å². The maximum atomic E-state index is 5.38. The molecule has 0 radical (unpaired) electrons. The molecule has 0 atom stereocenters. The van der Waals surface area contributed by atoms with Crippen LogP contribution in [0.1, 0.15) is 19.1 Å². The summed E-state index contributed by atoms with van der Waals surface area (Å²) in [6.45, 7) is 10.6. The Morgan fingerprint density at radius 3 is 2.81 bits per heavy atom. The summed E-state index contributed by atoms with van der Waals surface area (Å²) < 4.78 is 16.1. The number of guanidine groups is 1. The molecule has 8 heteroatoms. The molecule has 1 aliphatic heterocycles. The minimum absolute atomic E-state index is 0. The first-order chi connectivity index (χ1) is 12.4. The molecule has 0 spiro atoms. The predicted octanol–water partition coefficient (Wildman–Crippen LogP) is 1.73. The number of furan rings is 1. The van der Waals surface area contributed by atoms with Gasteiger partial charge < -0.3 is 24.5 Å². The second-order valence-electron chi connectivity index (χ2n) is 5.92. The number of aliphatic imine (C=N–C) groups is 1. The summed E-state index contributed by atoms with van der Waals surface area (Å²) in [6.07, 6.45) is 3.48. The molecule has 1 aromatic heterocycles. The van der Waals surface area contributed by atoms with Crippen LogP contribution in [0.5, 0.6) is 0 Å². The van der Waals surface area contributed by atoms with Gasteiger partial charge in [-0.05, 0) is 25.5 Å². The molecule has 2 heterocycles. The maximum Gasteiger partial charge on any atom is 0.191 e. The zero-order valence-electron chi connectivity index (χ0n) is 15.7. The summed E-state index contributed by atoms with van der Waals surface area (Å²) >= 11 is 0. The third-order valence-electron chi connectivity index (χ3n) is 3.99. The number of halogens is 1. The van der Waals surface area contributed by atoms with E-state index in [1.165, 1.54) is 0 Å². The first-order valence-corrected chi connectivity index (χ1v) is 9.31. The number of rotatable bonds is 11. The SMILES string of the molecule is CCOCCCN=C(NCCc1ccco1)NCCN1CCOCC1.I. The summed E-state index contributed by atoms with van der Waals surface area (Å²) in [5.74, 6) is 1.84. The Bertz CT molecular complexity index is 465. The van der Waals surface area contributed by atoms with Crippen molar-refractivity contribution < 1.29 is 13.9 Å². The van der Waals surface area contributed by atoms with Crippen LogP contribution in [0.15, 0.2) is 27.8 Å². The van der Waals surface area contributed by atoms with E-state index in [-0.39, 0.29) is 24.0 Å². The van der Waals surface area contributed by atoms with Crippen molar-refractivity contribution in [2.45, 2.75) is 19.8 Å². The Morgan fingerprint density at radius 1 is 1.27 bits per heavy atom. The Kier molecular flexibility index (Phi) is 13.6. The van der Waals surface area contributed by atoms with Crippen LogP contribution in [0.3, 0.4) is 0 Å². The highest BCUT2D eigenvalue weighted by atomic mass is 127. The molecule has 0 amide bonds. The highest BCUT2D eigenvalue weighted by molar-refractivity contribution is 14.0. The van der Waals surface area contributed by atoms with Gasteiger partial charge in [-0.3, -0.25) is 9.89 Å². The van der Waals surface area contributed by atoms with Gasteiger partial charge in [-0.2, -0.15) is 0 Å². The number of hydrogen-bond donors (Lipinski definition) is 2. The molecule has 2 rings (SSSR count). The summed E-state index contributed by atoms with van der Waals surface area (Å²) in [6, 6.07) is 3.91. The second-order valence-corrected chi connectivity index (χ2v) is 5.92. The molecule has 1 aromatic rings. The fourth-order valence-corrected chi connectivity index (χ4v) is 2.59. The van der Waals surface area contributed by atoms with E-state index in [1.54, 1.807) is 6.26 Å². The lowest BCUT2D eigenvalue weighted by Crippen LogP contribution is -2.44. The smallest absolute Gasteiger partial charge is 0.191 e. The number of hydrogen-bond acceptors (Lipinski definition) is 5. The molecule has 1 aliphatic rings. The molecule has 2 N–H and O–H groups in total. The van der Waals surface area contributed by atoms with Crippen LogP contribution in [0, 0.1) is 0 Å². The van der Waals surface area contributed by atoms with E-state index >= 15 is 0 Å². The van der Waals surface area contributed by atoms with Gasteiger partial charge in [-0.15, -0.1) is 24.0 Å². The topological polar surface area (TPSA) is 71.3 Å². The van der Waals surface area contributed by atoms with E-state index in [0.717, 1.165) is 90.3 Å². The summed E-state index contributed by atoms with van der Waals surface area (Å²) in [5.41, 5.74) is 0. The van der Waals surface area contributed by atoms with Crippen molar-refractivity contribution in [3.05, 3.63) is 24.2 Å². The molecule has 0 aromatic carbocycles. The van der Waals surface area contributed by atoms with Gasteiger partial charge in [0.25, 0.3) is 0 Å². The molecular formula is C18H33IN4O3. The summed E-state index contributed by atoms with van der Waals surface area (Å²) in [7, 11) is 0. The van der Waals surface area contributed by atoms with Gasteiger partial charge in [-0.1, -0.05) is 0 Å². The lowest BCUT2D eigenvalue weighted by atomic mass is 10.3. The van der Waals surface area contributed by atoms with Crippen LogP contribution in [-0.2, 0) is 15.9 Å². The maximum absolute atomic E-state index is 5.38. The predicted molar refractivity (Wildman–Crippen MR) is 115 cm³/mol. The highest BCUT2D eigenvalue weighted by Gasteiger charge is 2.09. The van der Waals surface area contributed by atoms with Crippen LogP contribution in [-0.4, -0.2) is 76.6 Å². The monoisotopic (exact) mass is 480 g/mol. The molecule has 7 nitrogen and oxygen atoms in total. The largest absolute Gasteiger partial charge is 0.469 e. The van der Waals surface area contributed by atoms with E-state index in [1.807, 2.05) is 19.1 Å². The van der Waals surface area contributed by atoms with Crippen LogP contribution in [0.4, 0.5) is 0 Å². The normalized spacial score (nSPS) is 15.5. The van der Waals surface area contributed by atoms with E-state index < -0.39 is 0 Å². The Morgan fingerprint density at radius 2 is 2.08 bits per heavy atom. The molecule has 26 heavy (non-hydrogen) atoms. The minimum atomic E-state index is 0. The van der Waals surface area contributed by atoms with Crippen LogP contribution in [0.25, 0.3) is 0 Å². The third kappa shape index (κ3) is 10.3. The van der Waals surface area contributed by atoms with E-state index in [4.69, 9.17) is 13.9 Å². The molecule has 0 aliphatic carbocycles. The van der Waals surface area contributed by atoms with E-state index in [2.05, 4.69) is 20.5 Å². The lowest BCUT2D eigenvalue weighted by molar-refractivity contribution is 0.0389. The van der Waals surface area contributed by atoms with Crippen molar-refractivity contribution in [3.63, 3.8) is 0 Å². The van der Waals surface area contributed by atoms with Gasteiger partial charge in [-0.25, -0.2) is 0 Å². The van der Waals surface area contributed by atoms with Crippen molar-refractivity contribution >= 4 is 29.9 Å². The van der Waals surface area contributed by atoms with E-state index in [9.17, 15) is 0 Å². The Labute approximate surface area is 173 Å². The second kappa shape index (κ2) is 15.2. The first kappa shape index (κ1) is 23.2. The number of ether oxygens (including phenoxy) is 2. The zero-order valence-corrected chi connectivity index (χ0v) is 18.1. The van der Waals surface area contributed by atoms with Crippen LogP contribution >= 0.6 is 24.0 Å². The molecule has 0 saturated carbocycles. The van der Waals surface area contributed by atoms with Crippen molar-refractivity contribution in [3.8, 4) is 0 Å². The molecule has 0 bridgehead atoms. The van der Waals surface area contributed by atoms with Crippen LogP contribution < -0.4 is 10.6 Å². The molecule has 1 saturated heterocycles. The van der Waals surface area contributed by atoms with Gasteiger partial charge >= 0.3 is 0 Å². The van der Waals surface area contributed by atoms with Crippen molar-refractivity contribution in [2.24, 2.45) is 4.99 Å². The molecular weight excluding hydrogens is 447 g/mol. The van der Waals surface area contributed by atoms with Crippen molar-refractivity contribution in [1.82, 2.24) is 15.5 Å². The first-order valence-electron chi connectivity index (χ1n) is 9.31. The van der Waals surface area contributed by atoms with Crippen LogP contribution in [0.2, 0.25) is 0 Å². The summed E-state index contributed by atoms with van der Waals surface area (Å²) in [5, 5.41) is 6.80. The number of nitrogens with one attached hydrogen (secondary N) is 2. The zero-order chi connectivity index (χ0) is 17.6. The van der Waals surface area contributed by atoms with Gasteiger partial charge in [0.1, 0.15) is 5.76 Å². The quantitative estimate of drug-likeness (QED) is 0.218. The van der Waals surface area contributed by atoms with Crippen molar-refractivity contribution in [1.29, 1.82) is 0 Å². The lowest BCUT2D eigenvalue weighted by Gasteiger charge is -2.26. The average molecular weight is 480 g/mol. The van der Waals surface area contributed by atoms with Gasteiger partial charge in [0.05, 0.1) is 19.5 Å². The highest BCUT2D eigenvalue weighted by Crippen LogP contribution is 1.99. The Hall–Kier alpha value is -0.840. The van der Waals surface area contributed by atoms with Gasteiger partial charge in [0.15, 0.2) is 5.96 Å². The number of morpholine rings is 1. The standard InChI is InChI=1S/C18H32N4O3.HI/c1-2-23-13-4-7-19-18(20-8-6-17-5-3-14-25-17)21-9-10-22-11-15-24-16-12-22;/h3,5,14H,2,4,6-13,15-16H2,1H3,(H2,19,20,21);1H. The third-order valence-corrected chi connectivity index (χ3v) is 3.99. The fourth-order valence-electron chi connectivity index (χ4n) is 2.59. The molecule has 150 valence electrons. The van der Waals surface area contributed by atoms with E-state index in [0.29, 0.717) is 0 Å². The minimum Gasteiger partial charge on any atom is -0.469 e. The molecule has 0 unspecified atom stereocenters.